The zero-order chi connectivity index (χ0) is 23.4. The number of ketones is 2. The van der Waals surface area contributed by atoms with Gasteiger partial charge in [-0.05, 0) is 67.2 Å². The topological polar surface area (TPSA) is 138 Å². The van der Waals surface area contributed by atoms with Gasteiger partial charge in [0.2, 0.25) is 5.91 Å². The van der Waals surface area contributed by atoms with E-state index in [2.05, 4.69) is 12.2 Å². The number of allylic oxidation sites excluding steroid dienone is 4. The van der Waals surface area contributed by atoms with Gasteiger partial charge in [0.1, 0.15) is 11.5 Å². The van der Waals surface area contributed by atoms with E-state index in [-0.39, 0.29) is 42.8 Å². The number of phenols is 1. The van der Waals surface area contributed by atoms with Gasteiger partial charge in [0.15, 0.2) is 5.78 Å². The van der Waals surface area contributed by atoms with Crippen molar-refractivity contribution in [1.82, 2.24) is 0 Å². The number of rotatable bonds is 10. The normalized spacial score (nSPS) is 19.7. The van der Waals surface area contributed by atoms with Crippen LogP contribution >= 0.6 is 0 Å². The second-order valence-electron chi connectivity index (χ2n) is 8.91. The average molecular weight is 442 g/mol. The van der Waals surface area contributed by atoms with E-state index >= 15 is 0 Å². The predicted octanol–water partition coefficient (Wildman–Crippen LogP) is 2.31. The van der Waals surface area contributed by atoms with Gasteiger partial charge < -0.3 is 21.1 Å². The molecule has 1 amide bonds. The monoisotopic (exact) mass is 441 g/mol. The SMILES string of the molecule is CC1=CCC(c2ccc(O)c3c2CC(CC(CCO)C(CO)C(=O)CC(N)=O)CC3=O)=C1. The van der Waals surface area contributed by atoms with E-state index in [1.165, 1.54) is 0 Å². The van der Waals surface area contributed by atoms with Gasteiger partial charge in [-0.2, -0.15) is 0 Å². The third-order valence-corrected chi connectivity index (χ3v) is 6.59. The second kappa shape index (κ2) is 10.2. The first kappa shape index (κ1) is 23.9. The number of hydrogen-bond acceptors (Lipinski definition) is 6. The Balaban J connectivity index is 1.88. The molecule has 5 N–H and O–H groups in total. The van der Waals surface area contributed by atoms with Crippen LogP contribution in [0, 0.1) is 17.8 Å². The van der Waals surface area contributed by atoms with Crippen molar-refractivity contribution in [2.24, 2.45) is 23.5 Å². The highest BCUT2D eigenvalue weighted by atomic mass is 16.3. The van der Waals surface area contributed by atoms with E-state index < -0.39 is 30.6 Å². The number of primary amides is 1. The maximum Gasteiger partial charge on any atom is 0.224 e. The van der Waals surface area contributed by atoms with Gasteiger partial charge in [-0.1, -0.05) is 23.8 Å². The fourth-order valence-corrected chi connectivity index (χ4v) is 5.10. The van der Waals surface area contributed by atoms with Crippen molar-refractivity contribution in [3.8, 4) is 5.75 Å². The molecule has 0 aromatic heterocycles. The highest BCUT2D eigenvalue weighted by Crippen LogP contribution is 2.41. The molecule has 172 valence electrons. The molecule has 0 spiro atoms. The van der Waals surface area contributed by atoms with Crippen molar-refractivity contribution in [2.45, 2.75) is 45.4 Å². The number of Topliss-reactive ketones (excluding diaryl/α,β-unsaturated/α-hetero) is 2. The van der Waals surface area contributed by atoms with Gasteiger partial charge in [0.05, 0.1) is 18.6 Å². The smallest absolute Gasteiger partial charge is 0.224 e. The van der Waals surface area contributed by atoms with Gasteiger partial charge >= 0.3 is 0 Å². The molecule has 2 aliphatic rings. The number of hydrogen-bond donors (Lipinski definition) is 4. The summed E-state index contributed by atoms with van der Waals surface area (Å²) in [5.41, 5.74) is 9.53. The zero-order valence-electron chi connectivity index (χ0n) is 18.3. The molecule has 7 nitrogen and oxygen atoms in total. The van der Waals surface area contributed by atoms with Crippen molar-refractivity contribution in [1.29, 1.82) is 0 Å². The van der Waals surface area contributed by atoms with Crippen LogP contribution in [0.2, 0.25) is 0 Å². The van der Waals surface area contributed by atoms with Crippen LogP contribution in [0.1, 0.15) is 60.5 Å². The maximum atomic E-state index is 13.0. The number of aliphatic hydroxyl groups excluding tert-OH is 2. The second-order valence-corrected chi connectivity index (χ2v) is 8.91. The number of carbonyl (C=O) groups is 3. The number of amides is 1. The van der Waals surface area contributed by atoms with Gasteiger partial charge in [-0.25, -0.2) is 0 Å². The Morgan fingerprint density at radius 2 is 1.97 bits per heavy atom. The standard InChI is InChI=1S/C25H31NO6/c1-14-2-3-16(8-14)18-4-5-21(29)25-19(18)10-15(11-23(25)31)9-17(6-7-27)20(13-28)22(30)12-24(26)32/h2,4-5,8,15,17,20,27-29H,3,6-7,9-13H2,1H3,(H2,26,32). The van der Waals surface area contributed by atoms with Gasteiger partial charge in [-0.15, -0.1) is 0 Å². The van der Waals surface area contributed by atoms with E-state index in [0.717, 1.165) is 28.7 Å². The van der Waals surface area contributed by atoms with E-state index in [9.17, 15) is 29.7 Å². The summed E-state index contributed by atoms with van der Waals surface area (Å²) in [5.74, 6) is -2.69. The lowest BCUT2D eigenvalue weighted by Crippen LogP contribution is -2.33. The Morgan fingerprint density at radius 3 is 2.56 bits per heavy atom. The van der Waals surface area contributed by atoms with Gasteiger partial charge in [0, 0.05) is 18.9 Å². The summed E-state index contributed by atoms with van der Waals surface area (Å²) in [6.07, 6.45) is 5.97. The molecule has 7 heteroatoms. The molecule has 1 aromatic carbocycles. The van der Waals surface area contributed by atoms with Crippen molar-refractivity contribution < 1.29 is 29.7 Å². The molecule has 0 saturated carbocycles. The maximum absolute atomic E-state index is 13.0. The Bertz CT molecular complexity index is 977. The number of benzene rings is 1. The molecule has 3 unspecified atom stereocenters. The summed E-state index contributed by atoms with van der Waals surface area (Å²) in [5, 5.41) is 29.7. The quantitative estimate of drug-likeness (QED) is 0.411. The summed E-state index contributed by atoms with van der Waals surface area (Å²) in [6.45, 7) is 1.40. The van der Waals surface area contributed by atoms with Crippen molar-refractivity contribution in [3.05, 3.63) is 46.5 Å². The van der Waals surface area contributed by atoms with Crippen LogP contribution in [0.25, 0.3) is 5.57 Å². The van der Waals surface area contributed by atoms with Crippen LogP contribution < -0.4 is 5.73 Å². The lowest BCUT2D eigenvalue weighted by atomic mass is 9.72. The van der Waals surface area contributed by atoms with E-state index in [0.29, 0.717) is 18.4 Å². The summed E-state index contributed by atoms with van der Waals surface area (Å²) in [4.78, 5) is 36.6. The van der Waals surface area contributed by atoms with Crippen molar-refractivity contribution >= 4 is 23.0 Å². The summed E-state index contributed by atoms with van der Waals surface area (Å²) in [7, 11) is 0. The number of phenolic OH excluding ortho intramolecular Hbond substituents is 1. The van der Waals surface area contributed by atoms with Crippen LogP contribution in [0.15, 0.2) is 29.9 Å². The fourth-order valence-electron chi connectivity index (χ4n) is 5.10. The summed E-state index contributed by atoms with van der Waals surface area (Å²) >= 11 is 0. The Labute approximate surface area is 187 Å². The van der Waals surface area contributed by atoms with Crippen LogP contribution in [0.5, 0.6) is 5.75 Å². The number of carbonyl (C=O) groups excluding carboxylic acids is 3. The lowest BCUT2D eigenvalue weighted by molar-refractivity contribution is -0.131. The van der Waals surface area contributed by atoms with Crippen LogP contribution in [-0.2, 0) is 16.0 Å². The number of nitrogens with two attached hydrogens (primary N) is 1. The van der Waals surface area contributed by atoms with Crippen molar-refractivity contribution in [2.75, 3.05) is 13.2 Å². The first-order valence-electron chi connectivity index (χ1n) is 11.0. The molecule has 0 radical (unpaired) electrons. The van der Waals surface area contributed by atoms with E-state index in [1.807, 2.05) is 13.0 Å². The lowest BCUT2D eigenvalue weighted by Gasteiger charge is -2.32. The van der Waals surface area contributed by atoms with E-state index in [4.69, 9.17) is 5.73 Å². The third-order valence-electron chi connectivity index (χ3n) is 6.59. The molecule has 32 heavy (non-hydrogen) atoms. The molecule has 0 fully saturated rings. The minimum Gasteiger partial charge on any atom is -0.507 e. The van der Waals surface area contributed by atoms with E-state index in [1.54, 1.807) is 6.07 Å². The molecule has 1 aromatic rings. The molecular formula is C25H31NO6. The largest absolute Gasteiger partial charge is 0.507 e. The third kappa shape index (κ3) is 5.16. The molecule has 0 heterocycles. The Hall–Kier alpha value is -2.77. The summed E-state index contributed by atoms with van der Waals surface area (Å²) < 4.78 is 0. The molecule has 0 bridgehead atoms. The highest BCUT2D eigenvalue weighted by Gasteiger charge is 2.35. The average Bonchev–Trinajstić information content (AvgIpc) is 3.14. The first-order chi connectivity index (χ1) is 15.2. The molecule has 3 atom stereocenters. The highest BCUT2D eigenvalue weighted by molar-refractivity contribution is 6.02. The molecule has 0 saturated heterocycles. The molecule has 2 aliphatic carbocycles. The first-order valence-corrected chi connectivity index (χ1v) is 11.0. The minimum atomic E-state index is -0.820. The van der Waals surface area contributed by atoms with Crippen LogP contribution in [0.4, 0.5) is 0 Å². The molecule has 0 aliphatic heterocycles. The number of aliphatic hydroxyl groups is 2. The minimum absolute atomic E-state index is 0.0211. The molecular weight excluding hydrogens is 410 g/mol. The Kier molecular flexibility index (Phi) is 7.64. The van der Waals surface area contributed by atoms with Crippen LogP contribution in [0.3, 0.4) is 0 Å². The predicted molar refractivity (Wildman–Crippen MR) is 120 cm³/mol. The van der Waals surface area contributed by atoms with Crippen LogP contribution in [-0.4, -0.2) is 46.0 Å². The number of aromatic hydroxyl groups is 1. The van der Waals surface area contributed by atoms with Gasteiger partial charge in [0.25, 0.3) is 0 Å². The van der Waals surface area contributed by atoms with Crippen molar-refractivity contribution in [3.63, 3.8) is 0 Å². The van der Waals surface area contributed by atoms with Gasteiger partial charge in [-0.3, -0.25) is 14.4 Å². The fraction of sp³-hybridized carbons (Fsp3) is 0.480. The number of fused-ring (bicyclic) bond motifs is 1. The summed E-state index contributed by atoms with van der Waals surface area (Å²) in [6, 6.07) is 3.42. The molecule has 3 rings (SSSR count). The Morgan fingerprint density at radius 1 is 1.22 bits per heavy atom. The zero-order valence-corrected chi connectivity index (χ0v) is 18.3.